The van der Waals surface area contributed by atoms with Crippen molar-refractivity contribution in [2.45, 2.75) is 38.8 Å². The number of esters is 1. The standard InChI is InChI=1S/C11H21NO3/c1-4-15-11(13)7-12(10-5-6-10)9(2)8-14-3/h9-10H,4-8H2,1-3H3. The van der Waals surface area contributed by atoms with Crippen molar-refractivity contribution in [1.82, 2.24) is 4.90 Å². The van der Waals surface area contributed by atoms with Gasteiger partial charge in [0.15, 0.2) is 0 Å². The minimum absolute atomic E-state index is 0.132. The molecule has 15 heavy (non-hydrogen) atoms. The number of methoxy groups -OCH3 is 1. The molecule has 1 rings (SSSR count). The lowest BCUT2D eigenvalue weighted by atomic mass is 10.3. The van der Waals surface area contributed by atoms with E-state index in [9.17, 15) is 4.79 Å². The predicted molar refractivity (Wildman–Crippen MR) is 57.7 cm³/mol. The fraction of sp³-hybridized carbons (Fsp3) is 0.909. The van der Waals surface area contributed by atoms with Gasteiger partial charge in [-0.15, -0.1) is 0 Å². The van der Waals surface area contributed by atoms with Crippen LogP contribution in [0.4, 0.5) is 0 Å². The Balaban J connectivity index is 2.39. The Labute approximate surface area is 91.5 Å². The normalized spacial score (nSPS) is 17.9. The molecule has 1 atom stereocenters. The van der Waals surface area contributed by atoms with E-state index in [1.165, 1.54) is 12.8 Å². The van der Waals surface area contributed by atoms with Crippen molar-refractivity contribution in [2.75, 3.05) is 26.9 Å². The van der Waals surface area contributed by atoms with Crippen LogP contribution in [0.1, 0.15) is 26.7 Å². The van der Waals surface area contributed by atoms with Gasteiger partial charge in [-0.3, -0.25) is 9.69 Å². The zero-order valence-corrected chi connectivity index (χ0v) is 9.86. The predicted octanol–water partition coefficient (Wildman–Crippen LogP) is 1.05. The number of ether oxygens (including phenoxy) is 2. The highest BCUT2D eigenvalue weighted by Gasteiger charge is 2.33. The number of carbonyl (C=O) groups excluding carboxylic acids is 1. The van der Waals surface area contributed by atoms with Gasteiger partial charge >= 0.3 is 5.97 Å². The van der Waals surface area contributed by atoms with Crippen LogP contribution in [0.5, 0.6) is 0 Å². The lowest BCUT2D eigenvalue weighted by Crippen LogP contribution is -2.42. The van der Waals surface area contributed by atoms with Crippen LogP contribution in [0.25, 0.3) is 0 Å². The largest absolute Gasteiger partial charge is 0.465 e. The summed E-state index contributed by atoms with van der Waals surface area (Å²) in [6.45, 7) is 5.42. The Kier molecular flexibility index (Phi) is 5.05. The molecule has 1 unspecified atom stereocenters. The molecule has 0 amide bonds. The van der Waals surface area contributed by atoms with Crippen LogP contribution in [-0.4, -0.2) is 49.8 Å². The van der Waals surface area contributed by atoms with E-state index < -0.39 is 0 Å². The van der Waals surface area contributed by atoms with E-state index >= 15 is 0 Å². The van der Waals surface area contributed by atoms with Crippen LogP contribution < -0.4 is 0 Å². The van der Waals surface area contributed by atoms with Crippen molar-refractivity contribution in [2.24, 2.45) is 0 Å². The highest BCUT2D eigenvalue weighted by atomic mass is 16.5. The van der Waals surface area contributed by atoms with Gasteiger partial charge in [-0.05, 0) is 26.7 Å². The molecule has 1 aliphatic carbocycles. The van der Waals surface area contributed by atoms with Gasteiger partial charge in [-0.25, -0.2) is 0 Å². The molecule has 0 aliphatic heterocycles. The molecule has 4 nitrogen and oxygen atoms in total. The molecular weight excluding hydrogens is 194 g/mol. The molecule has 0 N–H and O–H groups in total. The van der Waals surface area contributed by atoms with Gasteiger partial charge in [0.25, 0.3) is 0 Å². The smallest absolute Gasteiger partial charge is 0.320 e. The number of carbonyl (C=O) groups is 1. The Hall–Kier alpha value is -0.610. The molecule has 0 radical (unpaired) electrons. The second-order valence-electron chi connectivity index (χ2n) is 4.01. The summed E-state index contributed by atoms with van der Waals surface area (Å²) < 4.78 is 10.1. The molecule has 0 aromatic heterocycles. The molecular formula is C11H21NO3. The fourth-order valence-corrected chi connectivity index (χ4v) is 1.74. The first-order valence-corrected chi connectivity index (χ1v) is 5.59. The van der Waals surface area contributed by atoms with Crippen molar-refractivity contribution in [3.05, 3.63) is 0 Å². The van der Waals surface area contributed by atoms with Crippen LogP contribution in [0.3, 0.4) is 0 Å². The molecule has 1 fully saturated rings. The van der Waals surface area contributed by atoms with Gasteiger partial charge in [0.2, 0.25) is 0 Å². The van der Waals surface area contributed by atoms with Crippen molar-refractivity contribution < 1.29 is 14.3 Å². The molecule has 0 aromatic carbocycles. The summed E-state index contributed by atoms with van der Waals surface area (Å²) in [4.78, 5) is 13.6. The molecule has 0 spiro atoms. The molecule has 0 bridgehead atoms. The summed E-state index contributed by atoms with van der Waals surface area (Å²) in [5.41, 5.74) is 0. The molecule has 0 saturated heterocycles. The van der Waals surface area contributed by atoms with Gasteiger partial charge in [-0.2, -0.15) is 0 Å². The van der Waals surface area contributed by atoms with Crippen molar-refractivity contribution >= 4 is 5.97 Å². The average molecular weight is 215 g/mol. The minimum Gasteiger partial charge on any atom is -0.465 e. The maximum absolute atomic E-state index is 11.4. The molecule has 0 heterocycles. The lowest BCUT2D eigenvalue weighted by Gasteiger charge is -2.27. The third-order valence-corrected chi connectivity index (χ3v) is 2.61. The first kappa shape index (κ1) is 12.5. The second-order valence-corrected chi connectivity index (χ2v) is 4.01. The summed E-state index contributed by atoms with van der Waals surface area (Å²) in [5.74, 6) is -0.132. The zero-order chi connectivity index (χ0) is 11.3. The van der Waals surface area contributed by atoms with E-state index in [1.54, 1.807) is 7.11 Å². The van der Waals surface area contributed by atoms with Gasteiger partial charge in [-0.1, -0.05) is 0 Å². The Morgan fingerprint density at radius 3 is 2.67 bits per heavy atom. The summed E-state index contributed by atoms with van der Waals surface area (Å²) in [6.07, 6.45) is 2.38. The minimum atomic E-state index is -0.132. The number of rotatable bonds is 7. The van der Waals surface area contributed by atoms with E-state index in [4.69, 9.17) is 9.47 Å². The third-order valence-electron chi connectivity index (χ3n) is 2.61. The van der Waals surface area contributed by atoms with Crippen LogP contribution in [-0.2, 0) is 14.3 Å². The van der Waals surface area contributed by atoms with E-state index in [2.05, 4.69) is 11.8 Å². The van der Waals surface area contributed by atoms with E-state index in [-0.39, 0.29) is 12.0 Å². The van der Waals surface area contributed by atoms with Crippen molar-refractivity contribution in [1.29, 1.82) is 0 Å². The SMILES string of the molecule is CCOC(=O)CN(C(C)COC)C1CC1. The van der Waals surface area contributed by atoms with Crippen LogP contribution in [0.2, 0.25) is 0 Å². The summed E-state index contributed by atoms with van der Waals surface area (Å²) in [5, 5.41) is 0. The quantitative estimate of drug-likeness (QED) is 0.595. The molecule has 4 heteroatoms. The van der Waals surface area contributed by atoms with Crippen LogP contribution in [0.15, 0.2) is 0 Å². The Morgan fingerprint density at radius 1 is 1.53 bits per heavy atom. The van der Waals surface area contributed by atoms with Gasteiger partial charge < -0.3 is 9.47 Å². The maximum Gasteiger partial charge on any atom is 0.320 e. The molecule has 88 valence electrons. The van der Waals surface area contributed by atoms with E-state index in [1.807, 2.05) is 6.92 Å². The zero-order valence-electron chi connectivity index (χ0n) is 9.86. The first-order valence-electron chi connectivity index (χ1n) is 5.59. The van der Waals surface area contributed by atoms with Crippen LogP contribution >= 0.6 is 0 Å². The second kappa shape index (κ2) is 6.08. The van der Waals surface area contributed by atoms with E-state index in [0.29, 0.717) is 25.8 Å². The van der Waals surface area contributed by atoms with Gasteiger partial charge in [0, 0.05) is 19.2 Å². The summed E-state index contributed by atoms with van der Waals surface area (Å²) in [6, 6.07) is 0.839. The number of nitrogens with zero attached hydrogens (tertiary/aromatic N) is 1. The first-order chi connectivity index (χ1) is 7.19. The van der Waals surface area contributed by atoms with Gasteiger partial charge in [0.05, 0.1) is 19.8 Å². The monoisotopic (exact) mass is 215 g/mol. The summed E-state index contributed by atoms with van der Waals surface area (Å²) >= 11 is 0. The van der Waals surface area contributed by atoms with Crippen LogP contribution in [0, 0.1) is 0 Å². The molecule has 0 aromatic rings. The molecule has 1 aliphatic rings. The number of hydrogen-bond acceptors (Lipinski definition) is 4. The maximum atomic E-state index is 11.4. The van der Waals surface area contributed by atoms with E-state index in [0.717, 1.165) is 0 Å². The highest BCUT2D eigenvalue weighted by molar-refractivity contribution is 5.71. The van der Waals surface area contributed by atoms with Crippen molar-refractivity contribution in [3.8, 4) is 0 Å². The van der Waals surface area contributed by atoms with Gasteiger partial charge in [0.1, 0.15) is 0 Å². The van der Waals surface area contributed by atoms with Crippen molar-refractivity contribution in [3.63, 3.8) is 0 Å². The lowest BCUT2D eigenvalue weighted by molar-refractivity contribution is -0.145. The number of hydrogen-bond donors (Lipinski definition) is 0. The average Bonchev–Trinajstić information content (AvgIpc) is 2.98. The summed E-state index contributed by atoms with van der Waals surface area (Å²) in [7, 11) is 1.69. The topological polar surface area (TPSA) is 38.8 Å². The fourth-order valence-electron chi connectivity index (χ4n) is 1.74. The third kappa shape index (κ3) is 4.18. The highest BCUT2D eigenvalue weighted by Crippen LogP contribution is 2.28. The molecule has 1 saturated carbocycles. The Morgan fingerprint density at radius 2 is 2.20 bits per heavy atom. The Bertz CT molecular complexity index is 204.